The molecule has 1 fully saturated rings. The Morgan fingerprint density at radius 2 is 1.53 bits per heavy atom. The van der Waals surface area contributed by atoms with Crippen molar-refractivity contribution < 1.29 is 9.59 Å². The third-order valence-corrected chi connectivity index (χ3v) is 3.67. The molecule has 0 radical (unpaired) electrons. The molecule has 1 unspecified atom stereocenters. The Bertz CT molecular complexity index is 319. The minimum absolute atomic E-state index is 0.0175. The highest BCUT2D eigenvalue weighted by molar-refractivity contribution is 5.84. The van der Waals surface area contributed by atoms with Crippen molar-refractivity contribution in [2.45, 2.75) is 44.9 Å². The first kappa shape index (κ1) is 12.1. The summed E-state index contributed by atoms with van der Waals surface area (Å²) in [5.41, 5.74) is 5.12. The van der Waals surface area contributed by atoms with Gasteiger partial charge in [0.2, 0.25) is 11.8 Å². The van der Waals surface area contributed by atoms with E-state index in [0.29, 0.717) is 0 Å². The van der Waals surface area contributed by atoms with Crippen LogP contribution in [0.1, 0.15) is 44.9 Å². The first-order valence-electron chi connectivity index (χ1n) is 6.52. The lowest BCUT2D eigenvalue weighted by Crippen LogP contribution is -2.46. The number of carbonyl (C=O) groups excluding carboxylic acids is 2. The number of allylic oxidation sites excluding steroid dienone is 2. The summed E-state index contributed by atoms with van der Waals surface area (Å²) in [6.45, 7) is 0. The zero-order chi connectivity index (χ0) is 12.1. The van der Waals surface area contributed by atoms with Crippen LogP contribution in [-0.2, 0) is 9.59 Å². The lowest BCUT2D eigenvalue weighted by atomic mass is 9.94. The van der Waals surface area contributed by atoms with E-state index in [9.17, 15) is 9.59 Å². The Morgan fingerprint density at radius 1 is 0.882 bits per heavy atom. The Labute approximate surface area is 102 Å². The van der Waals surface area contributed by atoms with Crippen LogP contribution < -0.4 is 10.9 Å². The van der Waals surface area contributed by atoms with Crippen molar-refractivity contribution in [3.8, 4) is 0 Å². The van der Waals surface area contributed by atoms with Gasteiger partial charge in [0.05, 0.1) is 0 Å². The fourth-order valence-corrected chi connectivity index (χ4v) is 2.55. The molecule has 2 aliphatic carbocycles. The second-order valence-electron chi connectivity index (χ2n) is 4.94. The second-order valence-corrected chi connectivity index (χ2v) is 4.94. The van der Waals surface area contributed by atoms with Crippen LogP contribution in [0.5, 0.6) is 0 Å². The van der Waals surface area contributed by atoms with Crippen molar-refractivity contribution in [2.75, 3.05) is 0 Å². The monoisotopic (exact) mass is 236 g/mol. The molecule has 2 amide bonds. The lowest BCUT2D eigenvalue weighted by Gasteiger charge is -2.18. The summed E-state index contributed by atoms with van der Waals surface area (Å²) in [5.74, 6) is 0.0355. The maximum atomic E-state index is 11.8. The zero-order valence-corrected chi connectivity index (χ0v) is 10.1. The fourth-order valence-electron chi connectivity index (χ4n) is 2.55. The van der Waals surface area contributed by atoms with E-state index in [0.717, 1.165) is 44.9 Å². The SMILES string of the molecule is O=C(NNC(=O)C1CCCC1)C1CC=CCC1. The summed E-state index contributed by atoms with van der Waals surface area (Å²) in [7, 11) is 0. The molecule has 4 nitrogen and oxygen atoms in total. The van der Waals surface area contributed by atoms with Gasteiger partial charge in [-0.1, -0.05) is 25.0 Å². The van der Waals surface area contributed by atoms with Crippen LogP contribution in [0, 0.1) is 11.8 Å². The van der Waals surface area contributed by atoms with Gasteiger partial charge < -0.3 is 0 Å². The van der Waals surface area contributed by atoms with Crippen LogP contribution >= 0.6 is 0 Å². The van der Waals surface area contributed by atoms with Gasteiger partial charge in [0, 0.05) is 11.8 Å². The van der Waals surface area contributed by atoms with Crippen molar-refractivity contribution in [1.29, 1.82) is 0 Å². The topological polar surface area (TPSA) is 58.2 Å². The predicted molar refractivity (Wildman–Crippen MR) is 64.7 cm³/mol. The Kier molecular flexibility index (Phi) is 4.18. The summed E-state index contributed by atoms with van der Waals surface area (Å²) in [6, 6.07) is 0. The zero-order valence-electron chi connectivity index (χ0n) is 10.1. The number of hydrogen-bond donors (Lipinski definition) is 2. The maximum absolute atomic E-state index is 11.8. The Balaban J connectivity index is 1.71. The van der Waals surface area contributed by atoms with Crippen molar-refractivity contribution in [3.05, 3.63) is 12.2 Å². The van der Waals surface area contributed by atoms with E-state index in [2.05, 4.69) is 16.9 Å². The van der Waals surface area contributed by atoms with Crippen LogP contribution in [-0.4, -0.2) is 11.8 Å². The molecule has 94 valence electrons. The van der Waals surface area contributed by atoms with Gasteiger partial charge in [-0.15, -0.1) is 0 Å². The third kappa shape index (κ3) is 3.32. The van der Waals surface area contributed by atoms with Crippen LogP contribution in [0.3, 0.4) is 0 Å². The van der Waals surface area contributed by atoms with Crippen LogP contribution in [0.25, 0.3) is 0 Å². The van der Waals surface area contributed by atoms with Gasteiger partial charge in [-0.25, -0.2) is 0 Å². The highest BCUT2D eigenvalue weighted by Gasteiger charge is 2.24. The Hall–Kier alpha value is -1.32. The molecule has 0 aromatic carbocycles. The second kappa shape index (κ2) is 5.84. The maximum Gasteiger partial charge on any atom is 0.241 e. The molecule has 17 heavy (non-hydrogen) atoms. The fraction of sp³-hybridized carbons (Fsp3) is 0.692. The van der Waals surface area contributed by atoms with Gasteiger partial charge in [0.25, 0.3) is 0 Å². The molecular formula is C13H20N2O2. The smallest absolute Gasteiger partial charge is 0.241 e. The highest BCUT2D eigenvalue weighted by atomic mass is 16.2. The molecule has 2 aliphatic rings. The normalized spacial score (nSPS) is 24.6. The van der Waals surface area contributed by atoms with Crippen molar-refractivity contribution >= 4 is 11.8 Å². The summed E-state index contributed by atoms with van der Waals surface area (Å²) >= 11 is 0. The van der Waals surface area contributed by atoms with Gasteiger partial charge in [-0.2, -0.15) is 0 Å². The molecule has 0 spiro atoms. The number of rotatable bonds is 2. The van der Waals surface area contributed by atoms with Crippen molar-refractivity contribution in [1.82, 2.24) is 10.9 Å². The van der Waals surface area contributed by atoms with Crippen LogP contribution in [0.2, 0.25) is 0 Å². The summed E-state index contributed by atoms with van der Waals surface area (Å²) in [6.07, 6.45) is 10.9. The molecule has 0 bridgehead atoms. The van der Waals surface area contributed by atoms with Gasteiger partial charge in [-0.05, 0) is 32.1 Å². The van der Waals surface area contributed by atoms with Gasteiger partial charge in [0.15, 0.2) is 0 Å². The number of nitrogens with one attached hydrogen (secondary N) is 2. The molecule has 4 heteroatoms. The number of carbonyl (C=O) groups is 2. The minimum atomic E-state index is -0.0549. The Morgan fingerprint density at radius 3 is 2.12 bits per heavy atom. The van der Waals surface area contributed by atoms with E-state index in [1.54, 1.807) is 0 Å². The van der Waals surface area contributed by atoms with E-state index in [1.807, 2.05) is 6.08 Å². The number of hydrogen-bond acceptors (Lipinski definition) is 2. The van der Waals surface area contributed by atoms with Gasteiger partial charge >= 0.3 is 0 Å². The molecule has 0 heterocycles. The summed E-state index contributed by atoms with van der Waals surface area (Å²) in [4.78, 5) is 23.5. The molecule has 0 saturated heterocycles. The molecule has 1 saturated carbocycles. The number of hydrazine groups is 1. The molecule has 0 aliphatic heterocycles. The first-order chi connectivity index (χ1) is 8.27. The first-order valence-corrected chi connectivity index (χ1v) is 6.52. The summed E-state index contributed by atoms with van der Waals surface area (Å²) in [5, 5.41) is 0. The van der Waals surface area contributed by atoms with E-state index in [4.69, 9.17) is 0 Å². The van der Waals surface area contributed by atoms with E-state index >= 15 is 0 Å². The molecular weight excluding hydrogens is 216 g/mol. The quantitative estimate of drug-likeness (QED) is 0.566. The van der Waals surface area contributed by atoms with E-state index in [1.165, 1.54) is 0 Å². The number of amides is 2. The van der Waals surface area contributed by atoms with Crippen LogP contribution in [0.15, 0.2) is 12.2 Å². The molecule has 0 aromatic heterocycles. The summed E-state index contributed by atoms with van der Waals surface area (Å²) < 4.78 is 0. The van der Waals surface area contributed by atoms with E-state index in [-0.39, 0.29) is 23.7 Å². The van der Waals surface area contributed by atoms with Crippen LogP contribution in [0.4, 0.5) is 0 Å². The predicted octanol–water partition coefficient (Wildman–Crippen LogP) is 1.68. The average molecular weight is 236 g/mol. The van der Waals surface area contributed by atoms with Crippen molar-refractivity contribution in [3.63, 3.8) is 0 Å². The van der Waals surface area contributed by atoms with Crippen molar-refractivity contribution in [2.24, 2.45) is 11.8 Å². The molecule has 2 rings (SSSR count). The van der Waals surface area contributed by atoms with E-state index < -0.39 is 0 Å². The highest BCUT2D eigenvalue weighted by Crippen LogP contribution is 2.24. The molecule has 2 N–H and O–H groups in total. The van der Waals surface area contributed by atoms with Gasteiger partial charge in [-0.3, -0.25) is 20.4 Å². The molecule has 0 aromatic rings. The lowest BCUT2D eigenvalue weighted by molar-refractivity contribution is -0.133. The third-order valence-electron chi connectivity index (χ3n) is 3.67. The standard InChI is InChI=1S/C13H20N2O2/c16-12(10-6-2-1-3-7-10)14-15-13(17)11-8-4-5-9-11/h1-2,10-11H,3-9H2,(H,14,16)(H,15,17). The minimum Gasteiger partial charge on any atom is -0.273 e. The largest absolute Gasteiger partial charge is 0.273 e. The molecule has 1 atom stereocenters. The average Bonchev–Trinajstić information content (AvgIpc) is 2.90. The van der Waals surface area contributed by atoms with Gasteiger partial charge in [0.1, 0.15) is 0 Å².